The maximum Gasteiger partial charge on any atom is 0.472 e. The minimum atomic E-state index is -4.41. The summed E-state index contributed by atoms with van der Waals surface area (Å²) >= 11 is 0. The van der Waals surface area contributed by atoms with E-state index in [0.29, 0.717) is 17.4 Å². The summed E-state index contributed by atoms with van der Waals surface area (Å²) in [5, 5.41) is 0. The summed E-state index contributed by atoms with van der Waals surface area (Å²) in [6.07, 6.45) is 94.6. The van der Waals surface area contributed by atoms with Gasteiger partial charge >= 0.3 is 19.8 Å². The summed E-state index contributed by atoms with van der Waals surface area (Å²) in [5.74, 6) is -0.818. The Morgan fingerprint density at radius 2 is 0.643 bits per heavy atom. The molecule has 0 bridgehead atoms. The van der Waals surface area contributed by atoms with Gasteiger partial charge in [-0.05, 0) is 122 Å². The second kappa shape index (κ2) is 63.1. The monoisotopic (exact) mass is 1180 g/mol. The van der Waals surface area contributed by atoms with Crippen molar-refractivity contribution >= 4 is 19.8 Å². The van der Waals surface area contributed by atoms with Crippen LogP contribution in [0.5, 0.6) is 0 Å². The first kappa shape index (κ1) is 79.6. The minimum absolute atomic E-state index is 0.0213. The highest BCUT2D eigenvalue weighted by atomic mass is 31.2. The fourth-order valence-electron chi connectivity index (χ4n) is 8.53. The first-order valence-corrected chi connectivity index (χ1v) is 34.7. The number of phosphoric acid groups is 1. The van der Waals surface area contributed by atoms with E-state index >= 15 is 0 Å². The van der Waals surface area contributed by atoms with Gasteiger partial charge in [-0.1, -0.05) is 268 Å². The molecule has 0 heterocycles. The van der Waals surface area contributed by atoms with Crippen molar-refractivity contribution < 1.29 is 42.1 Å². The number of carbonyl (C=O) groups excluding carboxylic acids is 2. The molecule has 0 saturated carbocycles. The van der Waals surface area contributed by atoms with Gasteiger partial charge in [-0.25, -0.2) is 4.57 Å². The summed E-state index contributed by atoms with van der Waals surface area (Å²) in [7, 11) is 1.45. The first-order chi connectivity index (χ1) is 41.0. The molecule has 0 aromatic carbocycles. The number of ether oxygens (including phenoxy) is 2. The summed E-state index contributed by atoms with van der Waals surface area (Å²) in [6, 6.07) is 0. The number of hydrogen-bond donors (Lipinski definition) is 1. The van der Waals surface area contributed by atoms with Crippen LogP contribution in [0.3, 0.4) is 0 Å². The molecular weight excluding hydrogens is 1060 g/mol. The fraction of sp³-hybridized carbons (Fsp3) is 0.622. The lowest BCUT2D eigenvalue weighted by molar-refractivity contribution is -0.870. The molecule has 84 heavy (non-hydrogen) atoms. The van der Waals surface area contributed by atoms with Crippen LogP contribution in [-0.2, 0) is 32.7 Å². The molecule has 2 atom stereocenters. The van der Waals surface area contributed by atoms with Crippen LogP contribution in [0.1, 0.15) is 245 Å². The largest absolute Gasteiger partial charge is 0.472 e. The van der Waals surface area contributed by atoms with Crippen LogP contribution in [0.25, 0.3) is 0 Å². The molecule has 0 aromatic rings. The summed E-state index contributed by atoms with van der Waals surface area (Å²) in [6.45, 7) is 4.18. The first-order valence-electron chi connectivity index (χ1n) is 33.2. The van der Waals surface area contributed by atoms with Crippen molar-refractivity contribution in [3.63, 3.8) is 0 Å². The molecule has 0 aliphatic carbocycles. The van der Waals surface area contributed by atoms with Gasteiger partial charge in [-0.3, -0.25) is 18.6 Å². The van der Waals surface area contributed by atoms with E-state index in [1.54, 1.807) is 0 Å². The van der Waals surface area contributed by atoms with Crippen molar-refractivity contribution in [1.82, 2.24) is 0 Å². The number of nitrogens with zero attached hydrogens (tertiary/aromatic N) is 1. The van der Waals surface area contributed by atoms with Crippen LogP contribution in [0, 0.1) is 0 Å². The summed E-state index contributed by atoms with van der Waals surface area (Å²) < 4.78 is 34.7. The van der Waals surface area contributed by atoms with E-state index in [9.17, 15) is 19.0 Å². The number of rotatable bonds is 59. The van der Waals surface area contributed by atoms with E-state index in [1.165, 1.54) is 70.6 Å². The predicted octanol–water partition coefficient (Wildman–Crippen LogP) is 21.6. The lowest BCUT2D eigenvalue weighted by Gasteiger charge is -2.24. The Morgan fingerprint density at radius 3 is 0.952 bits per heavy atom. The third-order valence-electron chi connectivity index (χ3n) is 13.6. The Morgan fingerprint density at radius 1 is 0.369 bits per heavy atom. The van der Waals surface area contributed by atoms with Gasteiger partial charge in [0.2, 0.25) is 0 Å². The van der Waals surface area contributed by atoms with Gasteiger partial charge in [0, 0.05) is 12.8 Å². The molecule has 0 aromatic heterocycles. The van der Waals surface area contributed by atoms with Gasteiger partial charge < -0.3 is 18.9 Å². The van der Waals surface area contributed by atoms with E-state index in [1.807, 2.05) is 21.1 Å². The van der Waals surface area contributed by atoms with Gasteiger partial charge in [0.1, 0.15) is 19.8 Å². The lowest BCUT2D eigenvalue weighted by atomic mass is 10.1. The van der Waals surface area contributed by atoms with Crippen LogP contribution in [0.15, 0.2) is 158 Å². The standard InChI is InChI=1S/C74H122NO8P/c1-6-8-10-12-14-16-18-20-22-24-26-28-30-32-34-36-37-39-41-43-45-47-49-51-53-55-57-59-61-63-65-67-74(77)83-72(71-82-84(78,79)81-69-68-75(3,4)5)70-80-73(76)66-64-62-60-58-56-54-52-50-48-46-44-42-40-38-35-33-31-29-27-25-23-21-19-17-15-13-11-9-7-2/h8-11,14-17,20-23,26-29,32-35,37,39-40,42-43,45,72H,6-7,12-13,18-19,24-25,30-31,36,38,41,44,46-71H2,1-5H3/p+1/b10-8-,11-9-,16-14-,17-15-,22-20-,23-21-,28-26-,29-27-,34-32-,35-33-,39-37-,42-40-,45-43-. The summed E-state index contributed by atoms with van der Waals surface area (Å²) in [4.78, 5) is 35.9. The normalized spacial score (nSPS) is 14.2. The van der Waals surface area contributed by atoms with Crippen LogP contribution in [0.4, 0.5) is 0 Å². The second-order valence-electron chi connectivity index (χ2n) is 22.7. The molecule has 0 saturated heterocycles. The molecule has 0 radical (unpaired) electrons. The zero-order valence-electron chi connectivity index (χ0n) is 54.1. The number of esters is 2. The van der Waals surface area contributed by atoms with Crippen LogP contribution in [0.2, 0.25) is 0 Å². The number of allylic oxidation sites excluding steroid dienone is 26. The average molecular weight is 1190 g/mol. The molecule has 0 aliphatic rings. The Labute approximate surface area is 516 Å². The summed E-state index contributed by atoms with van der Waals surface area (Å²) in [5.41, 5.74) is 0. The number of phosphoric ester groups is 1. The lowest BCUT2D eigenvalue weighted by Crippen LogP contribution is -2.37. The van der Waals surface area contributed by atoms with Gasteiger partial charge in [0.15, 0.2) is 6.10 Å². The number of carbonyl (C=O) groups is 2. The second-order valence-corrected chi connectivity index (χ2v) is 24.2. The predicted molar refractivity (Wildman–Crippen MR) is 362 cm³/mol. The highest BCUT2D eigenvalue weighted by molar-refractivity contribution is 7.47. The van der Waals surface area contributed by atoms with Gasteiger partial charge in [-0.15, -0.1) is 0 Å². The number of unbranched alkanes of at least 4 members (excludes halogenated alkanes) is 19. The Bertz CT molecular complexity index is 1970. The smallest absolute Gasteiger partial charge is 0.462 e. The molecule has 10 heteroatoms. The van der Waals surface area contributed by atoms with Crippen molar-refractivity contribution in [1.29, 1.82) is 0 Å². The number of hydrogen-bond acceptors (Lipinski definition) is 7. The highest BCUT2D eigenvalue weighted by Gasteiger charge is 2.27. The Balaban J connectivity index is 4.17. The minimum Gasteiger partial charge on any atom is -0.462 e. The van der Waals surface area contributed by atoms with Crippen molar-refractivity contribution in [3.05, 3.63) is 158 Å². The molecule has 9 nitrogen and oxygen atoms in total. The van der Waals surface area contributed by atoms with Gasteiger partial charge in [-0.2, -0.15) is 0 Å². The van der Waals surface area contributed by atoms with Gasteiger partial charge in [0.25, 0.3) is 0 Å². The SMILES string of the molecule is CC/C=C\C/C=C\C/C=C\C/C=C\C/C=C\C/C=C\C/C=C\CCCCCCCCCCCC(=O)OC(COC(=O)CCCCCCCCCCCC/C=C\C/C=C\C/C=C\C/C=C\C/C=C\C/C=C\CC)COP(=O)(O)OCC[N+](C)(C)C. The molecule has 0 amide bonds. The maximum atomic E-state index is 12.9. The zero-order chi connectivity index (χ0) is 61.2. The highest BCUT2D eigenvalue weighted by Crippen LogP contribution is 2.43. The zero-order valence-corrected chi connectivity index (χ0v) is 55.0. The van der Waals surface area contributed by atoms with Crippen molar-refractivity contribution in [2.24, 2.45) is 0 Å². The molecule has 2 unspecified atom stereocenters. The van der Waals surface area contributed by atoms with E-state index in [0.717, 1.165) is 141 Å². The molecule has 476 valence electrons. The molecule has 0 spiro atoms. The van der Waals surface area contributed by atoms with E-state index in [4.69, 9.17) is 18.5 Å². The topological polar surface area (TPSA) is 108 Å². The van der Waals surface area contributed by atoms with Crippen LogP contribution in [-0.4, -0.2) is 74.9 Å². The molecule has 1 N–H and O–H groups in total. The number of quaternary nitrogens is 1. The molecule has 0 aliphatic heterocycles. The van der Waals surface area contributed by atoms with Crippen LogP contribution >= 0.6 is 7.82 Å². The Hall–Kier alpha value is -4.37. The van der Waals surface area contributed by atoms with E-state index in [-0.39, 0.29) is 32.0 Å². The quantitative estimate of drug-likeness (QED) is 0.0211. The number of likely N-dealkylation sites (N-methyl/N-ethyl adjacent to an activating group) is 1. The van der Waals surface area contributed by atoms with Crippen molar-refractivity contribution in [2.45, 2.75) is 251 Å². The van der Waals surface area contributed by atoms with Gasteiger partial charge in [0.05, 0.1) is 27.7 Å². The maximum absolute atomic E-state index is 12.9. The fourth-order valence-corrected chi connectivity index (χ4v) is 9.27. The third kappa shape index (κ3) is 66.8. The van der Waals surface area contributed by atoms with Crippen molar-refractivity contribution in [3.8, 4) is 0 Å². The average Bonchev–Trinajstić information content (AvgIpc) is 3.61. The molecular formula is C74H123NO8P+. The molecule has 0 fully saturated rings. The van der Waals surface area contributed by atoms with Crippen LogP contribution < -0.4 is 0 Å². The van der Waals surface area contributed by atoms with E-state index < -0.39 is 26.5 Å². The van der Waals surface area contributed by atoms with Crippen molar-refractivity contribution in [2.75, 3.05) is 47.5 Å². The molecule has 0 rings (SSSR count). The van der Waals surface area contributed by atoms with E-state index in [2.05, 4.69) is 172 Å². The Kier molecular flexibility index (Phi) is 59.9. The third-order valence-corrected chi connectivity index (χ3v) is 14.5.